The summed E-state index contributed by atoms with van der Waals surface area (Å²) in [5.41, 5.74) is -0.510. The Hall–Kier alpha value is -1.71. The number of aryl methyl sites for hydroxylation is 1. The topological polar surface area (TPSA) is 102 Å². The van der Waals surface area contributed by atoms with Crippen LogP contribution in [0, 0.1) is 6.92 Å². The minimum Gasteiger partial charge on any atom is -0.414 e. The van der Waals surface area contributed by atoms with Crippen molar-refractivity contribution in [2.45, 2.75) is 77.5 Å². The number of ether oxygens (including phenoxy) is 1. The summed E-state index contributed by atoms with van der Waals surface area (Å²) in [5.74, 6) is -0.161. The van der Waals surface area contributed by atoms with E-state index >= 15 is 0 Å². The molecular weight excluding hydrogens is 366 g/mol. The van der Waals surface area contributed by atoms with Crippen molar-refractivity contribution in [3.63, 3.8) is 0 Å². The van der Waals surface area contributed by atoms with Crippen molar-refractivity contribution in [2.24, 2.45) is 0 Å². The molecule has 1 fully saturated rings. The van der Waals surface area contributed by atoms with Gasteiger partial charge in [0.1, 0.15) is 12.3 Å². The maximum absolute atomic E-state index is 12.2. The quantitative estimate of drug-likeness (QED) is 0.736. The number of carbonyl (C=O) groups excluding carboxylic acids is 1. The second-order valence-electron chi connectivity index (χ2n) is 8.72. The van der Waals surface area contributed by atoms with Gasteiger partial charge in [-0.1, -0.05) is 20.8 Å². The van der Waals surface area contributed by atoms with Crippen LogP contribution in [-0.4, -0.2) is 42.5 Å². The van der Waals surface area contributed by atoms with Crippen LogP contribution >= 0.6 is 0 Å². The largest absolute Gasteiger partial charge is 0.414 e. The zero-order valence-electron chi connectivity index (χ0n) is 17.2. The molecule has 0 aromatic carbocycles. The van der Waals surface area contributed by atoms with E-state index in [0.717, 1.165) is 0 Å². The molecular formula is C18H31N3O5Si. The lowest BCUT2D eigenvalue weighted by atomic mass is 10.1. The molecule has 1 aromatic heterocycles. The van der Waals surface area contributed by atoms with Gasteiger partial charge in [-0.25, -0.2) is 4.79 Å². The van der Waals surface area contributed by atoms with Crippen LogP contribution < -0.4 is 16.6 Å². The third-order valence-electron chi connectivity index (χ3n) is 5.50. The lowest BCUT2D eigenvalue weighted by Crippen LogP contribution is -2.46. The van der Waals surface area contributed by atoms with E-state index in [2.05, 4.69) is 44.2 Å². The number of aromatic amines is 1. The Morgan fingerprint density at radius 1 is 1.41 bits per heavy atom. The number of H-pyrrole nitrogens is 1. The molecule has 0 aliphatic carbocycles. The molecule has 0 unspecified atom stereocenters. The van der Waals surface area contributed by atoms with E-state index in [1.54, 1.807) is 6.92 Å². The van der Waals surface area contributed by atoms with Crippen molar-refractivity contribution < 1.29 is 14.0 Å². The number of hydrogen-bond acceptors (Lipinski definition) is 5. The number of nitrogens with one attached hydrogen (secondary N) is 2. The molecule has 1 aliphatic rings. The molecule has 1 aliphatic heterocycles. The molecule has 3 atom stereocenters. The van der Waals surface area contributed by atoms with Gasteiger partial charge in [0.05, 0.1) is 12.6 Å². The highest BCUT2D eigenvalue weighted by atomic mass is 28.4. The summed E-state index contributed by atoms with van der Waals surface area (Å²) in [5, 5.41) is 2.95. The maximum Gasteiger partial charge on any atom is 0.330 e. The number of carbonyl (C=O) groups is 1. The fourth-order valence-corrected chi connectivity index (χ4v) is 3.79. The van der Waals surface area contributed by atoms with Gasteiger partial charge in [0.2, 0.25) is 5.91 Å². The Labute approximate surface area is 160 Å². The van der Waals surface area contributed by atoms with E-state index in [4.69, 9.17) is 9.16 Å². The highest BCUT2D eigenvalue weighted by Crippen LogP contribution is 2.37. The Kier molecular flexibility index (Phi) is 6.18. The molecule has 152 valence electrons. The van der Waals surface area contributed by atoms with Crippen molar-refractivity contribution >= 4 is 14.2 Å². The second-order valence-corrected chi connectivity index (χ2v) is 13.5. The molecule has 1 saturated heterocycles. The van der Waals surface area contributed by atoms with E-state index in [1.165, 1.54) is 17.7 Å². The van der Waals surface area contributed by atoms with E-state index < -0.39 is 25.8 Å². The number of amides is 1. The van der Waals surface area contributed by atoms with Crippen molar-refractivity contribution in [1.82, 2.24) is 14.9 Å². The average Bonchev–Trinajstić information content (AvgIpc) is 2.89. The summed E-state index contributed by atoms with van der Waals surface area (Å²) in [6, 6.07) is -0.267. The molecule has 27 heavy (non-hydrogen) atoms. The molecule has 0 spiro atoms. The summed E-state index contributed by atoms with van der Waals surface area (Å²) in [6.07, 6.45) is 0.981. The van der Waals surface area contributed by atoms with Crippen molar-refractivity contribution in [3.8, 4) is 0 Å². The van der Waals surface area contributed by atoms with Crippen LogP contribution in [0.5, 0.6) is 0 Å². The normalized spacial score (nSPS) is 23.4. The van der Waals surface area contributed by atoms with Gasteiger partial charge in [-0.3, -0.25) is 19.1 Å². The fourth-order valence-electron chi connectivity index (χ4n) is 2.78. The third kappa shape index (κ3) is 4.97. The summed E-state index contributed by atoms with van der Waals surface area (Å²) in [7, 11) is -1.98. The second kappa shape index (κ2) is 7.73. The lowest BCUT2D eigenvalue weighted by Gasteiger charge is -2.37. The van der Waals surface area contributed by atoms with Crippen molar-refractivity contribution in [3.05, 3.63) is 32.6 Å². The standard InChI is InChI=1S/C18H31N3O5Si/c1-11-9-21(17(24)20-16(11)23)15-8-13(19-12(2)22)14(26-15)10-25-27(6,7)18(3,4)5/h9,13-15H,8,10H2,1-7H3,(H,19,22)(H,20,23,24)/t13-,14-,15-/m1/s1. The maximum atomic E-state index is 12.2. The third-order valence-corrected chi connectivity index (χ3v) is 10.00. The molecule has 2 rings (SSSR count). The minimum atomic E-state index is -1.98. The molecule has 0 bridgehead atoms. The van der Waals surface area contributed by atoms with Gasteiger partial charge < -0.3 is 14.5 Å². The Bertz CT molecular complexity index is 808. The SMILES string of the molecule is CC(=O)N[C@@H]1C[C@H](n2cc(C)c(=O)[nH]c2=O)O[C@@H]1CO[Si](C)(C)C(C)(C)C. The van der Waals surface area contributed by atoms with Gasteiger partial charge in [0.25, 0.3) is 5.56 Å². The van der Waals surface area contributed by atoms with Gasteiger partial charge >= 0.3 is 5.69 Å². The smallest absolute Gasteiger partial charge is 0.330 e. The van der Waals surface area contributed by atoms with Gasteiger partial charge in [0.15, 0.2) is 8.32 Å². The van der Waals surface area contributed by atoms with Crippen LogP contribution in [0.2, 0.25) is 18.1 Å². The molecule has 8 nitrogen and oxygen atoms in total. The first-order valence-corrected chi connectivity index (χ1v) is 12.1. The monoisotopic (exact) mass is 397 g/mol. The Balaban J connectivity index is 2.21. The van der Waals surface area contributed by atoms with Crippen LogP contribution in [0.15, 0.2) is 15.8 Å². The summed E-state index contributed by atoms with van der Waals surface area (Å²) in [4.78, 5) is 37.7. The number of hydrogen-bond donors (Lipinski definition) is 2. The highest BCUT2D eigenvalue weighted by Gasteiger charge is 2.42. The van der Waals surface area contributed by atoms with E-state index in [9.17, 15) is 14.4 Å². The van der Waals surface area contributed by atoms with E-state index in [0.29, 0.717) is 18.6 Å². The molecule has 0 saturated carbocycles. The van der Waals surface area contributed by atoms with Crippen LogP contribution in [0.25, 0.3) is 0 Å². The Morgan fingerprint density at radius 3 is 2.59 bits per heavy atom. The van der Waals surface area contributed by atoms with E-state index in [1.807, 2.05) is 0 Å². The highest BCUT2D eigenvalue weighted by molar-refractivity contribution is 6.74. The van der Waals surface area contributed by atoms with Gasteiger partial charge in [-0.05, 0) is 25.1 Å². The first kappa shape index (κ1) is 21.6. The van der Waals surface area contributed by atoms with Crippen molar-refractivity contribution in [2.75, 3.05) is 6.61 Å². The predicted octanol–water partition coefficient (Wildman–Crippen LogP) is 1.66. The zero-order chi connectivity index (χ0) is 20.6. The predicted molar refractivity (Wildman–Crippen MR) is 105 cm³/mol. The minimum absolute atomic E-state index is 0.0570. The number of aromatic nitrogens is 2. The van der Waals surface area contributed by atoms with Gasteiger partial charge in [0, 0.05) is 25.1 Å². The molecule has 1 amide bonds. The van der Waals surface area contributed by atoms with E-state index in [-0.39, 0.29) is 23.1 Å². The fraction of sp³-hybridized carbons (Fsp3) is 0.722. The molecule has 2 heterocycles. The summed E-state index contributed by atoms with van der Waals surface area (Å²) in [6.45, 7) is 14.2. The Morgan fingerprint density at radius 2 is 2.04 bits per heavy atom. The molecule has 0 radical (unpaired) electrons. The summed E-state index contributed by atoms with van der Waals surface area (Å²) >= 11 is 0. The number of nitrogens with zero attached hydrogens (tertiary/aromatic N) is 1. The molecule has 2 N–H and O–H groups in total. The van der Waals surface area contributed by atoms with Crippen molar-refractivity contribution in [1.29, 1.82) is 0 Å². The average molecular weight is 398 g/mol. The zero-order valence-corrected chi connectivity index (χ0v) is 18.2. The lowest BCUT2D eigenvalue weighted by molar-refractivity contribution is -0.120. The molecule has 9 heteroatoms. The first-order valence-electron chi connectivity index (χ1n) is 9.20. The summed E-state index contributed by atoms with van der Waals surface area (Å²) < 4.78 is 13.7. The molecule has 1 aromatic rings. The van der Waals surface area contributed by atoms with Crippen LogP contribution in [0.4, 0.5) is 0 Å². The first-order chi connectivity index (χ1) is 12.3. The van der Waals surface area contributed by atoms with Gasteiger partial charge in [-0.2, -0.15) is 0 Å². The van der Waals surface area contributed by atoms with Crippen LogP contribution in [0.1, 0.15) is 45.9 Å². The van der Waals surface area contributed by atoms with Crippen LogP contribution in [0.3, 0.4) is 0 Å². The number of rotatable bonds is 5. The van der Waals surface area contributed by atoms with Crippen LogP contribution in [-0.2, 0) is 14.0 Å². The van der Waals surface area contributed by atoms with Gasteiger partial charge in [-0.15, -0.1) is 0 Å².